The lowest BCUT2D eigenvalue weighted by atomic mass is 10.0. The summed E-state index contributed by atoms with van der Waals surface area (Å²) in [6.07, 6.45) is 0.0366. The Morgan fingerprint density at radius 3 is 2.56 bits per heavy atom. The number of nitrogens with zero attached hydrogens (tertiary/aromatic N) is 1. The smallest absolute Gasteiger partial charge is 0.329 e. The fourth-order valence-electron chi connectivity index (χ4n) is 3.44. The number of ether oxygens (including phenoxy) is 3. The van der Waals surface area contributed by atoms with Gasteiger partial charge in [0, 0.05) is 13.0 Å². The molecule has 0 spiro atoms. The minimum Gasteiger partial charge on any atom is -0.483 e. The highest BCUT2D eigenvalue weighted by molar-refractivity contribution is 6.24. The van der Waals surface area contributed by atoms with Crippen LogP contribution in [-0.2, 0) is 28.7 Å². The summed E-state index contributed by atoms with van der Waals surface area (Å²) in [6.45, 7) is -0.260. The SMILES string of the molecule is O=C(O)COCCOCCNC(=O)COc1cccc2c1C(=O)N(C1CCC(=O)NC1=O)C2=O. The average Bonchev–Trinajstić information content (AvgIpc) is 3.05. The quantitative estimate of drug-likeness (QED) is 0.242. The van der Waals surface area contributed by atoms with Gasteiger partial charge in [-0.2, -0.15) is 0 Å². The summed E-state index contributed by atoms with van der Waals surface area (Å²) in [4.78, 5) is 72.4. The molecule has 1 fully saturated rings. The molecule has 2 heterocycles. The molecule has 1 saturated heterocycles. The van der Waals surface area contributed by atoms with Gasteiger partial charge in [0.25, 0.3) is 17.7 Å². The summed E-state index contributed by atoms with van der Waals surface area (Å²) in [5, 5.41) is 13.1. The number of hydrogen-bond acceptors (Lipinski definition) is 9. The van der Waals surface area contributed by atoms with Crippen LogP contribution in [0.5, 0.6) is 5.75 Å². The standard InChI is InChI=1S/C21H23N3O10/c25-15-5-4-13(19(29)23-15)24-20(30)12-2-1-3-14(18(12)21(24)31)34-10-16(26)22-6-7-32-8-9-33-11-17(27)28/h1-3,13H,4-11H2,(H,22,26)(H,27,28)(H,23,25,29). The van der Waals surface area contributed by atoms with Crippen molar-refractivity contribution < 1.29 is 48.1 Å². The topological polar surface area (TPSA) is 178 Å². The number of hydrogen-bond donors (Lipinski definition) is 3. The predicted molar refractivity (Wildman–Crippen MR) is 111 cm³/mol. The zero-order chi connectivity index (χ0) is 24.7. The van der Waals surface area contributed by atoms with E-state index in [1.807, 2.05) is 0 Å². The summed E-state index contributed by atoms with van der Waals surface area (Å²) in [7, 11) is 0. The predicted octanol–water partition coefficient (Wildman–Crippen LogP) is -1.30. The lowest BCUT2D eigenvalue weighted by Crippen LogP contribution is -2.54. The Hall–Kier alpha value is -3.84. The first-order valence-electron chi connectivity index (χ1n) is 10.4. The number of carbonyl (C=O) groups is 6. The fraction of sp³-hybridized carbons (Fsp3) is 0.429. The zero-order valence-electron chi connectivity index (χ0n) is 18.0. The first kappa shape index (κ1) is 24.8. The number of amides is 5. The van der Waals surface area contributed by atoms with Crippen LogP contribution in [-0.4, -0.2) is 91.1 Å². The lowest BCUT2D eigenvalue weighted by Gasteiger charge is -2.27. The third-order valence-electron chi connectivity index (χ3n) is 4.95. The molecule has 3 N–H and O–H groups in total. The van der Waals surface area contributed by atoms with Crippen LogP contribution >= 0.6 is 0 Å². The average molecular weight is 477 g/mol. The van der Waals surface area contributed by atoms with Gasteiger partial charge in [0.2, 0.25) is 11.8 Å². The maximum Gasteiger partial charge on any atom is 0.329 e. The van der Waals surface area contributed by atoms with E-state index in [-0.39, 0.29) is 56.1 Å². The molecule has 0 saturated carbocycles. The van der Waals surface area contributed by atoms with Crippen LogP contribution in [0.15, 0.2) is 18.2 Å². The largest absolute Gasteiger partial charge is 0.483 e. The van der Waals surface area contributed by atoms with Crippen molar-refractivity contribution in [2.45, 2.75) is 18.9 Å². The number of nitrogens with one attached hydrogen (secondary N) is 2. The van der Waals surface area contributed by atoms with Gasteiger partial charge in [-0.3, -0.25) is 34.2 Å². The Kier molecular flexibility index (Phi) is 8.27. The number of aliphatic carboxylic acids is 1. The first-order chi connectivity index (χ1) is 16.3. The minimum absolute atomic E-state index is 0.00636. The fourth-order valence-corrected chi connectivity index (χ4v) is 3.44. The Labute approximate surface area is 193 Å². The van der Waals surface area contributed by atoms with E-state index in [2.05, 4.69) is 10.6 Å². The van der Waals surface area contributed by atoms with Crippen molar-refractivity contribution in [2.24, 2.45) is 0 Å². The highest BCUT2D eigenvalue weighted by Gasteiger charge is 2.46. The molecule has 182 valence electrons. The summed E-state index contributed by atoms with van der Waals surface area (Å²) in [6, 6.07) is 3.25. The Morgan fingerprint density at radius 1 is 1.06 bits per heavy atom. The van der Waals surface area contributed by atoms with Gasteiger partial charge in [-0.15, -0.1) is 0 Å². The summed E-state index contributed by atoms with van der Waals surface area (Å²) in [5.74, 6) is -4.15. The van der Waals surface area contributed by atoms with Gasteiger partial charge in [-0.1, -0.05) is 6.07 Å². The van der Waals surface area contributed by atoms with Crippen molar-refractivity contribution in [3.8, 4) is 5.75 Å². The molecule has 2 aliphatic heterocycles. The molecule has 0 bridgehead atoms. The molecular formula is C21H23N3O10. The molecular weight excluding hydrogens is 454 g/mol. The zero-order valence-corrected chi connectivity index (χ0v) is 18.0. The summed E-state index contributed by atoms with van der Waals surface area (Å²) in [5.41, 5.74) is 0.000759. The molecule has 34 heavy (non-hydrogen) atoms. The van der Waals surface area contributed by atoms with E-state index in [0.717, 1.165) is 4.90 Å². The number of piperidine rings is 1. The highest BCUT2D eigenvalue weighted by atomic mass is 16.5. The summed E-state index contributed by atoms with van der Waals surface area (Å²) < 4.78 is 15.4. The van der Waals surface area contributed by atoms with Gasteiger partial charge in [0.15, 0.2) is 6.61 Å². The van der Waals surface area contributed by atoms with Crippen molar-refractivity contribution in [1.29, 1.82) is 0 Å². The van der Waals surface area contributed by atoms with Crippen LogP contribution in [0.1, 0.15) is 33.6 Å². The summed E-state index contributed by atoms with van der Waals surface area (Å²) >= 11 is 0. The molecule has 1 unspecified atom stereocenters. The molecule has 0 aliphatic carbocycles. The molecule has 1 aromatic carbocycles. The number of rotatable bonds is 12. The molecule has 3 rings (SSSR count). The van der Waals surface area contributed by atoms with E-state index >= 15 is 0 Å². The number of imide groups is 2. The third kappa shape index (κ3) is 5.94. The first-order valence-corrected chi connectivity index (χ1v) is 10.4. The van der Waals surface area contributed by atoms with Crippen molar-refractivity contribution >= 4 is 35.5 Å². The number of fused-ring (bicyclic) bond motifs is 1. The van der Waals surface area contributed by atoms with E-state index in [1.54, 1.807) is 0 Å². The van der Waals surface area contributed by atoms with E-state index in [4.69, 9.17) is 19.3 Å². The molecule has 13 nitrogen and oxygen atoms in total. The van der Waals surface area contributed by atoms with Gasteiger partial charge in [-0.25, -0.2) is 4.79 Å². The molecule has 2 aliphatic rings. The van der Waals surface area contributed by atoms with E-state index in [1.165, 1.54) is 18.2 Å². The lowest BCUT2D eigenvalue weighted by molar-refractivity contribution is -0.143. The number of carboxylic acids is 1. The van der Waals surface area contributed by atoms with Crippen molar-refractivity contribution in [1.82, 2.24) is 15.5 Å². The van der Waals surface area contributed by atoms with E-state index in [9.17, 15) is 28.8 Å². The van der Waals surface area contributed by atoms with Crippen LogP contribution in [0.2, 0.25) is 0 Å². The minimum atomic E-state index is -1.10. The van der Waals surface area contributed by atoms with Crippen LogP contribution < -0.4 is 15.4 Å². The molecule has 1 aromatic rings. The molecule has 0 radical (unpaired) electrons. The monoisotopic (exact) mass is 477 g/mol. The van der Waals surface area contributed by atoms with Gasteiger partial charge in [0.05, 0.1) is 30.9 Å². The third-order valence-corrected chi connectivity index (χ3v) is 4.95. The van der Waals surface area contributed by atoms with Crippen molar-refractivity contribution in [2.75, 3.05) is 39.6 Å². The second-order valence-electron chi connectivity index (χ2n) is 7.32. The molecule has 5 amide bonds. The van der Waals surface area contributed by atoms with Crippen LogP contribution in [0.4, 0.5) is 0 Å². The Morgan fingerprint density at radius 2 is 1.82 bits per heavy atom. The van der Waals surface area contributed by atoms with Crippen LogP contribution in [0.25, 0.3) is 0 Å². The van der Waals surface area contributed by atoms with Gasteiger partial charge in [-0.05, 0) is 18.6 Å². The maximum atomic E-state index is 13.0. The second kappa shape index (κ2) is 11.3. The van der Waals surface area contributed by atoms with E-state index < -0.39 is 54.8 Å². The molecule has 0 aromatic heterocycles. The Bertz CT molecular complexity index is 1010. The molecule has 1 atom stereocenters. The Balaban J connectivity index is 1.49. The van der Waals surface area contributed by atoms with Crippen LogP contribution in [0, 0.1) is 0 Å². The van der Waals surface area contributed by atoms with E-state index in [0.29, 0.717) is 0 Å². The van der Waals surface area contributed by atoms with Crippen molar-refractivity contribution in [3.63, 3.8) is 0 Å². The van der Waals surface area contributed by atoms with Crippen molar-refractivity contribution in [3.05, 3.63) is 29.3 Å². The number of carboxylic acid groups (broad SMARTS) is 1. The number of carbonyl (C=O) groups excluding carboxylic acids is 5. The second-order valence-corrected chi connectivity index (χ2v) is 7.32. The molecule has 13 heteroatoms. The van der Waals surface area contributed by atoms with Crippen LogP contribution in [0.3, 0.4) is 0 Å². The van der Waals surface area contributed by atoms with Gasteiger partial charge >= 0.3 is 5.97 Å². The van der Waals surface area contributed by atoms with Gasteiger partial charge in [0.1, 0.15) is 18.4 Å². The number of benzene rings is 1. The maximum absolute atomic E-state index is 13.0. The normalized spacial score (nSPS) is 17.4. The van der Waals surface area contributed by atoms with Gasteiger partial charge < -0.3 is 24.6 Å². The highest BCUT2D eigenvalue weighted by Crippen LogP contribution is 2.33.